The van der Waals surface area contributed by atoms with Crippen LogP contribution in [0.15, 0.2) is 42.6 Å². The molecule has 1 aliphatic heterocycles. The summed E-state index contributed by atoms with van der Waals surface area (Å²) in [6.45, 7) is 7.58. The normalized spacial score (nSPS) is 20.4. The SMILES string of the molecule is Cc1ccc(OCc2cccc(C(=O)N3C[C@H](C)O[C@@H](C)C3)c2)cn1. The van der Waals surface area contributed by atoms with Gasteiger partial charge in [-0.3, -0.25) is 9.78 Å². The van der Waals surface area contributed by atoms with Gasteiger partial charge in [-0.2, -0.15) is 0 Å². The van der Waals surface area contributed by atoms with Crippen LogP contribution in [0.2, 0.25) is 0 Å². The maximum atomic E-state index is 12.8. The van der Waals surface area contributed by atoms with Gasteiger partial charge in [-0.25, -0.2) is 0 Å². The van der Waals surface area contributed by atoms with Crippen LogP contribution < -0.4 is 4.74 Å². The van der Waals surface area contributed by atoms with Crippen LogP contribution in [0.1, 0.15) is 35.5 Å². The van der Waals surface area contributed by atoms with Crippen molar-refractivity contribution in [1.29, 1.82) is 0 Å². The average molecular weight is 340 g/mol. The molecule has 2 atom stereocenters. The molecule has 1 amide bonds. The number of carbonyl (C=O) groups is 1. The van der Waals surface area contributed by atoms with E-state index in [0.29, 0.717) is 25.3 Å². The zero-order valence-electron chi connectivity index (χ0n) is 14.9. The number of hydrogen-bond donors (Lipinski definition) is 0. The molecule has 1 aliphatic rings. The number of aromatic nitrogens is 1. The Balaban J connectivity index is 1.66. The molecule has 0 unspecified atom stereocenters. The lowest BCUT2D eigenvalue weighted by atomic mass is 10.1. The highest BCUT2D eigenvalue weighted by atomic mass is 16.5. The van der Waals surface area contributed by atoms with E-state index >= 15 is 0 Å². The van der Waals surface area contributed by atoms with Gasteiger partial charge in [0.25, 0.3) is 5.91 Å². The lowest BCUT2D eigenvalue weighted by Crippen LogP contribution is -2.48. The highest BCUT2D eigenvalue weighted by Crippen LogP contribution is 2.17. The molecule has 5 nitrogen and oxygen atoms in total. The Morgan fingerprint density at radius 1 is 1.24 bits per heavy atom. The Morgan fingerprint density at radius 2 is 2.00 bits per heavy atom. The van der Waals surface area contributed by atoms with E-state index in [-0.39, 0.29) is 18.1 Å². The van der Waals surface area contributed by atoms with Gasteiger partial charge in [-0.1, -0.05) is 12.1 Å². The zero-order valence-corrected chi connectivity index (χ0v) is 14.9. The second-order valence-electron chi connectivity index (χ2n) is 6.59. The van der Waals surface area contributed by atoms with Crippen LogP contribution in [0.4, 0.5) is 0 Å². The van der Waals surface area contributed by atoms with Crippen molar-refractivity contribution in [1.82, 2.24) is 9.88 Å². The van der Waals surface area contributed by atoms with Crippen LogP contribution >= 0.6 is 0 Å². The summed E-state index contributed by atoms with van der Waals surface area (Å²) < 4.78 is 11.5. The molecule has 3 rings (SSSR count). The van der Waals surface area contributed by atoms with E-state index in [4.69, 9.17) is 9.47 Å². The lowest BCUT2D eigenvalue weighted by Gasteiger charge is -2.35. The van der Waals surface area contributed by atoms with Crippen LogP contribution in [-0.2, 0) is 11.3 Å². The van der Waals surface area contributed by atoms with E-state index in [1.807, 2.05) is 62.1 Å². The fraction of sp³-hybridized carbons (Fsp3) is 0.400. The number of pyridine rings is 1. The Labute approximate surface area is 148 Å². The minimum absolute atomic E-state index is 0.0425. The van der Waals surface area contributed by atoms with E-state index < -0.39 is 0 Å². The minimum Gasteiger partial charge on any atom is -0.487 e. The molecule has 0 aliphatic carbocycles. The number of amides is 1. The third kappa shape index (κ3) is 4.57. The molecule has 2 heterocycles. The Bertz CT molecular complexity index is 720. The molecule has 132 valence electrons. The molecule has 0 spiro atoms. The van der Waals surface area contributed by atoms with Gasteiger partial charge in [0.2, 0.25) is 0 Å². The standard InChI is InChI=1S/C20H24N2O3/c1-14-7-8-19(10-21-14)24-13-17-5-4-6-18(9-17)20(23)22-11-15(2)25-16(3)12-22/h4-10,15-16H,11-13H2,1-3H3/t15-,16-/m0/s1. The summed E-state index contributed by atoms with van der Waals surface area (Å²) >= 11 is 0. The number of ether oxygens (including phenoxy) is 2. The molecular formula is C20H24N2O3. The van der Waals surface area contributed by atoms with E-state index in [2.05, 4.69) is 4.98 Å². The number of benzene rings is 1. The number of aryl methyl sites for hydroxylation is 1. The number of morpholine rings is 1. The third-order valence-corrected chi connectivity index (χ3v) is 4.17. The van der Waals surface area contributed by atoms with E-state index in [1.165, 1.54) is 0 Å². The van der Waals surface area contributed by atoms with E-state index in [0.717, 1.165) is 17.0 Å². The maximum Gasteiger partial charge on any atom is 0.254 e. The number of hydrogen-bond acceptors (Lipinski definition) is 4. The summed E-state index contributed by atoms with van der Waals surface area (Å²) in [5.41, 5.74) is 2.60. The molecule has 0 radical (unpaired) electrons. The van der Waals surface area contributed by atoms with E-state index in [9.17, 15) is 4.79 Å². The fourth-order valence-corrected chi connectivity index (χ4v) is 3.03. The highest BCUT2D eigenvalue weighted by molar-refractivity contribution is 5.94. The molecule has 1 fully saturated rings. The molecule has 0 bridgehead atoms. The predicted molar refractivity (Wildman–Crippen MR) is 95.7 cm³/mol. The first-order chi connectivity index (χ1) is 12.0. The van der Waals surface area contributed by atoms with Gasteiger partial charge in [0.05, 0.1) is 18.4 Å². The van der Waals surface area contributed by atoms with Crippen LogP contribution in [0, 0.1) is 6.92 Å². The second kappa shape index (κ2) is 7.66. The first kappa shape index (κ1) is 17.4. The molecule has 1 saturated heterocycles. The van der Waals surface area contributed by atoms with Gasteiger partial charge in [-0.05, 0) is 50.6 Å². The maximum absolute atomic E-state index is 12.8. The van der Waals surface area contributed by atoms with Gasteiger partial charge >= 0.3 is 0 Å². The second-order valence-corrected chi connectivity index (χ2v) is 6.59. The van der Waals surface area contributed by atoms with Gasteiger partial charge in [0.1, 0.15) is 12.4 Å². The number of carbonyl (C=O) groups excluding carboxylic acids is 1. The van der Waals surface area contributed by atoms with Crippen molar-refractivity contribution in [2.75, 3.05) is 13.1 Å². The van der Waals surface area contributed by atoms with Crippen molar-refractivity contribution in [3.05, 3.63) is 59.4 Å². The predicted octanol–water partition coefficient (Wildman–Crippen LogP) is 3.22. The van der Waals surface area contributed by atoms with Gasteiger partial charge in [0, 0.05) is 24.3 Å². The van der Waals surface area contributed by atoms with Crippen LogP contribution in [-0.4, -0.2) is 41.1 Å². The number of nitrogens with zero attached hydrogens (tertiary/aromatic N) is 2. The quantitative estimate of drug-likeness (QED) is 0.857. The number of rotatable bonds is 4. The van der Waals surface area contributed by atoms with Crippen molar-refractivity contribution in [3.63, 3.8) is 0 Å². The summed E-state index contributed by atoms with van der Waals surface area (Å²) in [6.07, 6.45) is 1.84. The fourth-order valence-electron chi connectivity index (χ4n) is 3.03. The first-order valence-corrected chi connectivity index (χ1v) is 8.60. The van der Waals surface area contributed by atoms with Crippen molar-refractivity contribution in [3.8, 4) is 5.75 Å². The Morgan fingerprint density at radius 3 is 2.68 bits per heavy atom. The molecule has 2 aromatic rings. The lowest BCUT2D eigenvalue weighted by molar-refractivity contribution is -0.0586. The Kier molecular flexibility index (Phi) is 5.34. The minimum atomic E-state index is 0.0425. The van der Waals surface area contributed by atoms with Crippen molar-refractivity contribution in [2.24, 2.45) is 0 Å². The third-order valence-electron chi connectivity index (χ3n) is 4.17. The van der Waals surface area contributed by atoms with E-state index in [1.54, 1.807) is 6.20 Å². The summed E-state index contributed by atoms with van der Waals surface area (Å²) in [5.74, 6) is 0.763. The highest BCUT2D eigenvalue weighted by Gasteiger charge is 2.26. The molecular weight excluding hydrogens is 316 g/mol. The molecule has 0 N–H and O–H groups in total. The molecule has 5 heteroatoms. The largest absolute Gasteiger partial charge is 0.487 e. The Hall–Kier alpha value is -2.40. The first-order valence-electron chi connectivity index (χ1n) is 8.60. The zero-order chi connectivity index (χ0) is 17.8. The molecule has 1 aromatic heterocycles. The van der Waals surface area contributed by atoms with Gasteiger partial charge in [-0.15, -0.1) is 0 Å². The summed E-state index contributed by atoms with van der Waals surface area (Å²) in [5, 5.41) is 0. The smallest absolute Gasteiger partial charge is 0.254 e. The van der Waals surface area contributed by atoms with Crippen molar-refractivity contribution in [2.45, 2.75) is 39.6 Å². The topological polar surface area (TPSA) is 51.7 Å². The van der Waals surface area contributed by atoms with Crippen molar-refractivity contribution < 1.29 is 14.3 Å². The average Bonchev–Trinajstić information content (AvgIpc) is 2.60. The summed E-state index contributed by atoms with van der Waals surface area (Å²) in [7, 11) is 0. The summed E-state index contributed by atoms with van der Waals surface area (Å²) in [4.78, 5) is 18.9. The molecule has 0 saturated carbocycles. The van der Waals surface area contributed by atoms with Crippen LogP contribution in [0.5, 0.6) is 5.75 Å². The van der Waals surface area contributed by atoms with Gasteiger partial charge in [0.15, 0.2) is 0 Å². The monoisotopic (exact) mass is 340 g/mol. The molecule has 25 heavy (non-hydrogen) atoms. The van der Waals surface area contributed by atoms with Gasteiger partial charge < -0.3 is 14.4 Å². The van der Waals surface area contributed by atoms with Crippen molar-refractivity contribution >= 4 is 5.91 Å². The van der Waals surface area contributed by atoms with Crippen LogP contribution in [0.25, 0.3) is 0 Å². The summed E-state index contributed by atoms with van der Waals surface area (Å²) in [6, 6.07) is 11.4. The molecule has 1 aromatic carbocycles. The van der Waals surface area contributed by atoms with Crippen LogP contribution in [0.3, 0.4) is 0 Å².